The number of nitriles is 1. The molecule has 5 aromatic rings. The molecule has 16 heteroatoms. The molecule has 2 aliphatic rings. The third-order valence-corrected chi connectivity index (χ3v) is 10.8. The maximum absolute atomic E-state index is 15.3. The molecule has 49 heavy (non-hydrogen) atoms. The molecule has 7 rings (SSSR count). The van der Waals surface area contributed by atoms with E-state index in [4.69, 9.17) is 10.5 Å². The smallest absolute Gasteiger partial charge is 0.417 e. The Kier molecular flexibility index (Phi) is 8.19. The number of carbonyl (C=O) groups is 1. The molecule has 1 unspecified atom stereocenters. The minimum absolute atomic E-state index is 0.0278. The fourth-order valence-electron chi connectivity index (χ4n) is 6.32. The van der Waals surface area contributed by atoms with Crippen molar-refractivity contribution < 1.29 is 27.1 Å². The lowest BCUT2D eigenvalue weighted by Gasteiger charge is -2.35. The number of piperazine rings is 1. The highest BCUT2D eigenvalue weighted by Gasteiger charge is 2.40. The summed E-state index contributed by atoms with van der Waals surface area (Å²) in [5.41, 5.74) is 4.04. The number of aromatic nitrogens is 3. The van der Waals surface area contributed by atoms with Crippen LogP contribution in [0.15, 0.2) is 65.1 Å². The Morgan fingerprint density at radius 3 is 2.57 bits per heavy atom. The van der Waals surface area contributed by atoms with Crippen molar-refractivity contribution in [3.05, 3.63) is 82.8 Å². The van der Waals surface area contributed by atoms with Crippen molar-refractivity contribution in [1.29, 1.82) is 5.26 Å². The summed E-state index contributed by atoms with van der Waals surface area (Å²) in [6.07, 6.45) is -1.35. The molecular weight excluding hydrogens is 683 g/mol. The Hall–Kier alpha value is -5.14. The molecule has 1 atom stereocenters. The van der Waals surface area contributed by atoms with Gasteiger partial charge in [0.25, 0.3) is 0 Å². The van der Waals surface area contributed by atoms with E-state index in [0.29, 0.717) is 5.75 Å². The number of nitrogens with two attached hydrogens (primary N) is 1. The Morgan fingerprint density at radius 2 is 1.90 bits per heavy atom. The first kappa shape index (κ1) is 32.4. The van der Waals surface area contributed by atoms with Crippen molar-refractivity contribution in [1.82, 2.24) is 19.4 Å². The number of ether oxygens (including phenoxy) is 1. The van der Waals surface area contributed by atoms with Gasteiger partial charge in [-0.05, 0) is 35.9 Å². The van der Waals surface area contributed by atoms with E-state index in [1.165, 1.54) is 29.1 Å². The van der Waals surface area contributed by atoms with E-state index in [0.717, 1.165) is 35.2 Å². The first-order valence-electron chi connectivity index (χ1n) is 15.0. The van der Waals surface area contributed by atoms with Crippen LogP contribution in [0.2, 0.25) is 0 Å². The van der Waals surface area contributed by atoms with Crippen molar-refractivity contribution in [3.63, 3.8) is 0 Å². The van der Waals surface area contributed by atoms with Gasteiger partial charge >= 0.3 is 11.9 Å². The summed E-state index contributed by atoms with van der Waals surface area (Å²) in [4.78, 5) is 37.8. The van der Waals surface area contributed by atoms with Gasteiger partial charge in [0.2, 0.25) is 5.91 Å². The fraction of sp³-hybridized carbons (Fsp3) is 0.242. The Balaban J connectivity index is 1.52. The molecule has 5 heterocycles. The highest BCUT2D eigenvalue weighted by atomic mass is 32.2. The maximum Gasteiger partial charge on any atom is 0.417 e. The number of anilines is 2. The van der Waals surface area contributed by atoms with Gasteiger partial charge < -0.3 is 20.3 Å². The number of benzene rings is 2. The number of pyridine rings is 1. The number of thioether (sulfide) groups is 1. The van der Waals surface area contributed by atoms with Crippen LogP contribution >= 0.6 is 23.1 Å². The normalized spacial score (nSPS) is 16.4. The predicted octanol–water partition coefficient (Wildman–Crippen LogP) is 5.67. The number of halogens is 4. The molecule has 2 aromatic carbocycles. The standard InChI is InChI=1S/C33H25F4N7O3S2/c1-2-24(45)42-9-11-43(12-10-42)31-20-13-22(33(35,36)37)26(19-3-4-23(34)28-25(19)21(14-38)30(39)49-28)29-27(20)44(32(46)41-31)15-18(16-48-29)47-17-5-7-40-8-6-17/h2-8,13,18H,1,9-12,15-16,39H2. The lowest BCUT2D eigenvalue weighted by molar-refractivity contribution is -0.137. The van der Waals surface area contributed by atoms with Gasteiger partial charge in [0.15, 0.2) is 0 Å². The first-order valence-corrected chi connectivity index (χ1v) is 16.8. The number of thiophene rings is 1. The van der Waals surface area contributed by atoms with Gasteiger partial charge in [-0.2, -0.15) is 23.4 Å². The first-order chi connectivity index (χ1) is 23.5. The zero-order valence-corrected chi connectivity index (χ0v) is 27.1. The van der Waals surface area contributed by atoms with E-state index >= 15 is 17.6 Å². The fourth-order valence-corrected chi connectivity index (χ4v) is 8.52. The number of alkyl halides is 3. The Morgan fingerprint density at radius 1 is 1.16 bits per heavy atom. The molecular formula is C33H25F4N7O3S2. The summed E-state index contributed by atoms with van der Waals surface area (Å²) < 4.78 is 68.5. The summed E-state index contributed by atoms with van der Waals surface area (Å²) in [6.45, 7) is 4.39. The van der Waals surface area contributed by atoms with E-state index in [2.05, 4.69) is 16.5 Å². The van der Waals surface area contributed by atoms with E-state index < -0.39 is 29.4 Å². The number of rotatable bonds is 5. The van der Waals surface area contributed by atoms with Crippen molar-refractivity contribution in [2.75, 3.05) is 42.6 Å². The second kappa shape index (κ2) is 12.4. The van der Waals surface area contributed by atoms with E-state index in [-0.39, 0.29) is 97.8 Å². The molecule has 0 aliphatic carbocycles. The van der Waals surface area contributed by atoms with Gasteiger partial charge in [-0.3, -0.25) is 14.3 Å². The van der Waals surface area contributed by atoms with Gasteiger partial charge in [-0.25, -0.2) is 9.18 Å². The molecule has 0 radical (unpaired) electrons. The number of hydrogen-bond acceptors (Lipinski definition) is 10. The number of fused-ring (bicyclic) bond motifs is 1. The average Bonchev–Trinajstić information content (AvgIpc) is 3.32. The van der Waals surface area contributed by atoms with Crippen molar-refractivity contribution in [3.8, 4) is 22.9 Å². The molecule has 0 bridgehead atoms. The largest absolute Gasteiger partial charge is 0.488 e. The minimum Gasteiger partial charge on any atom is -0.488 e. The molecule has 250 valence electrons. The maximum atomic E-state index is 15.3. The number of nitrogen functional groups attached to an aromatic ring is 1. The molecule has 2 aliphatic heterocycles. The summed E-state index contributed by atoms with van der Waals surface area (Å²) in [7, 11) is 0. The highest BCUT2D eigenvalue weighted by Crippen LogP contribution is 2.51. The van der Waals surface area contributed by atoms with Crippen LogP contribution in [-0.2, 0) is 17.5 Å². The van der Waals surface area contributed by atoms with Crippen LogP contribution in [0.3, 0.4) is 0 Å². The van der Waals surface area contributed by atoms with Crippen LogP contribution in [-0.4, -0.2) is 63.4 Å². The Bertz CT molecular complexity index is 2260. The number of hydrogen-bond donors (Lipinski definition) is 1. The molecule has 1 amide bonds. The van der Waals surface area contributed by atoms with Crippen LogP contribution in [0, 0.1) is 17.1 Å². The summed E-state index contributed by atoms with van der Waals surface area (Å²) in [5.74, 6) is -0.371. The van der Waals surface area contributed by atoms with E-state index in [9.17, 15) is 14.9 Å². The second-order valence-electron chi connectivity index (χ2n) is 11.4. The van der Waals surface area contributed by atoms with Crippen LogP contribution in [0.4, 0.5) is 28.4 Å². The molecule has 0 spiro atoms. The van der Waals surface area contributed by atoms with Crippen LogP contribution in [0.5, 0.6) is 5.75 Å². The van der Waals surface area contributed by atoms with Crippen molar-refractivity contribution in [2.24, 2.45) is 0 Å². The molecule has 1 saturated heterocycles. The summed E-state index contributed by atoms with van der Waals surface area (Å²) in [6, 6.07) is 8.44. The minimum atomic E-state index is -4.93. The molecule has 0 saturated carbocycles. The third-order valence-electron chi connectivity index (χ3n) is 8.52. The monoisotopic (exact) mass is 707 g/mol. The number of amides is 1. The Labute approximate surface area is 284 Å². The predicted molar refractivity (Wildman–Crippen MR) is 179 cm³/mol. The SMILES string of the molecule is C=CC(=O)N1CCN(c2nc(=O)n3c4c(c(-c5ccc(F)c6sc(N)c(C#N)c56)c(C(F)(F)F)cc24)SCC(Oc2ccncc2)C3)CC1. The van der Waals surface area contributed by atoms with Crippen LogP contribution in [0.25, 0.3) is 32.1 Å². The van der Waals surface area contributed by atoms with Gasteiger partial charge in [0.05, 0.1) is 27.9 Å². The lowest BCUT2D eigenvalue weighted by atomic mass is 9.92. The van der Waals surface area contributed by atoms with E-state index in [1.807, 2.05) is 6.07 Å². The average molecular weight is 708 g/mol. The number of nitrogens with zero attached hydrogens (tertiary/aromatic N) is 6. The molecule has 1 fully saturated rings. The third kappa shape index (κ3) is 5.62. The molecule has 10 nitrogen and oxygen atoms in total. The van der Waals surface area contributed by atoms with Gasteiger partial charge in [-0.15, -0.1) is 23.1 Å². The summed E-state index contributed by atoms with van der Waals surface area (Å²) in [5, 5.41) is 9.99. The second-order valence-corrected chi connectivity index (χ2v) is 13.4. The quantitative estimate of drug-likeness (QED) is 0.181. The molecule has 3 aromatic heterocycles. The van der Waals surface area contributed by atoms with Gasteiger partial charge in [0.1, 0.15) is 34.6 Å². The van der Waals surface area contributed by atoms with Gasteiger partial charge in [-0.1, -0.05) is 12.6 Å². The van der Waals surface area contributed by atoms with Crippen molar-refractivity contribution in [2.45, 2.75) is 23.7 Å². The highest BCUT2D eigenvalue weighted by molar-refractivity contribution is 7.99. The van der Waals surface area contributed by atoms with Crippen LogP contribution < -0.4 is 21.1 Å². The van der Waals surface area contributed by atoms with Gasteiger partial charge in [0, 0.05) is 65.6 Å². The van der Waals surface area contributed by atoms with E-state index in [1.54, 1.807) is 21.9 Å². The zero-order chi connectivity index (χ0) is 34.6. The van der Waals surface area contributed by atoms with Crippen molar-refractivity contribution >= 4 is 60.8 Å². The van der Waals surface area contributed by atoms with Crippen LogP contribution in [0.1, 0.15) is 11.1 Å². The lowest BCUT2D eigenvalue weighted by Crippen LogP contribution is -2.49. The number of carbonyl (C=O) groups excluding carboxylic acids is 1. The summed E-state index contributed by atoms with van der Waals surface area (Å²) >= 11 is 1.85. The molecule has 2 N–H and O–H groups in total. The topological polar surface area (TPSA) is 130 Å². The zero-order valence-electron chi connectivity index (χ0n) is 25.5.